The minimum Gasteiger partial charge on any atom is -0.399 e. The smallest absolute Gasteiger partial charge is 0.332 e. The maximum Gasteiger partial charge on any atom is 0.332 e. The van der Waals surface area contributed by atoms with Gasteiger partial charge in [-0.15, -0.1) is 0 Å². The molecule has 1 aliphatic rings. The molecule has 0 bridgehead atoms. The summed E-state index contributed by atoms with van der Waals surface area (Å²) in [5.74, 6) is 0.702. The molecule has 0 aliphatic carbocycles. The Kier molecular flexibility index (Phi) is 5.85. The van der Waals surface area contributed by atoms with Crippen LogP contribution in [0.4, 0.5) is 17.2 Å². The van der Waals surface area contributed by atoms with Crippen LogP contribution in [0.1, 0.15) is 6.42 Å². The lowest BCUT2D eigenvalue weighted by atomic mass is 10.2. The van der Waals surface area contributed by atoms with Crippen LogP contribution < -0.4 is 27.2 Å². The zero-order valence-corrected chi connectivity index (χ0v) is 16.0. The first-order valence-electron chi connectivity index (χ1n) is 9.29. The van der Waals surface area contributed by atoms with E-state index in [1.165, 1.54) is 7.05 Å². The van der Waals surface area contributed by atoms with E-state index >= 15 is 0 Å². The zero-order chi connectivity index (χ0) is 19.4. The topological polar surface area (TPSA) is 88.5 Å². The molecule has 1 saturated heterocycles. The van der Waals surface area contributed by atoms with Crippen molar-refractivity contribution in [3.63, 3.8) is 0 Å². The maximum atomic E-state index is 12.1. The third kappa shape index (κ3) is 4.51. The number of nitrogens with two attached hydrogens (primary N) is 1. The number of hydrogen-bond acceptors (Lipinski definition) is 6. The summed E-state index contributed by atoms with van der Waals surface area (Å²) in [6, 6.07) is 9.32. The van der Waals surface area contributed by atoms with E-state index in [0.717, 1.165) is 61.6 Å². The van der Waals surface area contributed by atoms with Gasteiger partial charge in [0.05, 0.1) is 0 Å². The van der Waals surface area contributed by atoms with Crippen molar-refractivity contribution in [1.82, 2.24) is 14.0 Å². The first kappa shape index (κ1) is 19.0. The van der Waals surface area contributed by atoms with Gasteiger partial charge in [0.2, 0.25) is 0 Å². The molecule has 1 aromatic carbocycles. The van der Waals surface area contributed by atoms with Gasteiger partial charge in [0.25, 0.3) is 5.56 Å². The summed E-state index contributed by atoms with van der Waals surface area (Å²) in [5.41, 5.74) is 7.00. The summed E-state index contributed by atoms with van der Waals surface area (Å²) >= 11 is 0. The molecule has 8 heteroatoms. The highest BCUT2D eigenvalue weighted by atomic mass is 16.2. The number of benzene rings is 1. The van der Waals surface area contributed by atoms with E-state index in [4.69, 9.17) is 5.73 Å². The molecule has 0 atom stereocenters. The van der Waals surface area contributed by atoms with E-state index in [9.17, 15) is 9.59 Å². The van der Waals surface area contributed by atoms with E-state index in [1.54, 1.807) is 17.7 Å². The highest BCUT2D eigenvalue weighted by Gasteiger charge is 2.19. The van der Waals surface area contributed by atoms with Gasteiger partial charge >= 0.3 is 5.69 Å². The highest BCUT2D eigenvalue weighted by Crippen LogP contribution is 2.13. The van der Waals surface area contributed by atoms with Gasteiger partial charge in [0.15, 0.2) is 0 Å². The van der Waals surface area contributed by atoms with Gasteiger partial charge in [-0.1, -0.05) is 0 Å². The monoisotopic (exact) mass is 372 g/mol. The largest absolute Gasteiger partial charge is 0.399 e. The average Bonchev–Trinajstić information content (AvgIpc) is 2.68. The van der Waals surface area contributed by atoms with E-state index in [1.807, 2.05) is 24.3 Å². The number of nitrogens with one attached hydrogen (secondary N) is 1. The SMILES string of the molecule is Cn1c(N2CCN(CCCNc3ccc(N)cc3)CC2)cc(=O)n(C)c1=O. The Hall–Kier alpha value is -2.74. The minimum absolute atomic E-state index is 0.260. The number of nitrogen functional groups attached to an aromatic ring is 1. The van der Waals surface area contributed by atoms with Crippen LogP contribution in [0.3, 0.4) is 0 Å². The van der Waals surface area contributed by atoms with Gasteiger partial charge < -0.3 is 16.0 Å². The van der Waals surface area contributed by atoms with Crippen molar-refractivity contribution in [2.24, 2.45) is 14.1 Å². The lowest BCUT2D eigenvalue weighted by Crippen LogP contribution is -2.49. The van der Waals surface area contributed by atoms with E-state index in [-0.39, 0.29) is 11.2 Å². The number of nitrogens with zero attached hydrogens (tertiary/aromatic N) is 4. The van der Waals surface area contributed by atoms with Gasteiger partial charge in [-0.2, -0.15) is 0 Å². The normalized spacial score (nSPS) is 15.1. The second kappa shape index (κ2) is 8.30. The predicted octanol–water partition coefficient (Wildman–Crippen LogP) is 0.290. The molecule has 146 valence electrons. The van der Waals surface area contributed by atoms with Gasteiger partial charge in [0, 0.05) is 64.3 Å². The molecule has 8 nitrogen and oxygen atoms in total. The Bertz CT molecular complexity index is 879. The molecule has 0 spiro atoms. The molecule has 1 fully saturated rings. The molecule has 0 amide bonds. The fourth-order valence-corrected chi connectivity index (χ4v) is 3.36. The fraction of sp³-hybridized carbons (Fsp3) is 0.474. The molecule has 1 aliphatic heterocycles. The van der Waals surface area contributed by atoms with Crippen molar-refractivity contribution >= 4 is 17.2 Å². The predicted molar refractivity (Wildman–Crippen MR) is 110 cm³/mol. The van der Waals surface area contributed by atoms with E-state index in [0.29, 0.717) is 5.82 Å². The van der Waals surface area contributed by atoms with Crippen molar-refractivity contribution in [3.05, 3.63) is 51.2 Å². The Morgan fingerprint density at radius 3 is 2.33 bits per heavy atom. The minimum atomic E-state index is -0.284. The molecule has 2 aromatic rings. The Morgan fingerprint density at radius 2 is 1.67 bits per heavy atom. The van der Waals surface area contributed by atoms with Crippen molar-refractivity contribution in [2.75, 3.05) is 55.2 Å². The molecule has 3 N–H and O–H groups in total. The van der Waals surface area contributed by atoms with Gasteiger partial charge in [-0.05, 0) is 37.2 Å². The van der Waals surface area contributed by atoms with Crippen LogP contribution in [0.5, 0.6) is 0 Å². The average molecular weight is 372 g/mol. The standard InChI is InChI=1S/C19H28N6O2/c1-22-17(14-18(26)23(2)19(22)27)25-12-10-24(11-13-25)9-3-8-21-16-6-4-15(20)5-7-16/h4-7,14,21H,3,8-13,20H2,1-2H3. The quantitative estimate of drug-likeness (QED) is 0.560. The molecule has 27 heavy (non-hydrogen) atoms. The van der Waals surface area contributed by atoms with Crippen molar-refractivity contribution < 1.29 is 0 Å². The van der Waals surface area contributed by atoms with Crippen LogP contribution in [-0.2, 0) is 14.1 Å². The number of aromatic nitrogens is 2. The molecule has 2 heterocycles. The first-order chi connectivity index (χ1) is 13.0. The van der Waals surface area contributed by atoms with Gasteiger partial charge in [-0.25, -0.2) is 4.79 Å². The maximum absolute atomic E-state index is 12.1. The molecule has 0 radical (unpaired) electrons. The van der Waals surface area contributed by atoms with Crippen molar-refractivity contribution in [3.8, 4) is 0 Å². The zero-order valence-electron chi connectivity index (χ0n) is 16.0. The second-order valence-electron chi connectivity index (χ2n) is 6.97. The van der Waals surface area contributed by atoms with E-state index < -0.39 is 0 Å². The molecule has 3 rings (SSSR count). The molecule has 0 unspecified atom stereocenters. The molecular weight excluding hydrogens is 344 g/mol. The van der Waals surface area contributed by atoms with Crippen LogP contribution in [0.2, 0.25) is 0 Å². The van der Waals surface area contributed by atoms with Crippen molar-refractivity contribution in [2.45, 2.75) is 6.42 Å². The molecule has 0 saturated carbocycles. The van der Waals surface area contributed by atoms with Crippen molar-refractivity contribution in [1.29, 1.82) is 0 Å². The second-order valence-corrected chi connectivity index (χ2v) is 6.97. The van der Waals surface area contributed by atoms with Crippen LogP contribution >= 0.6 is 0 Å². The summed E-state index contributed by atoms with van der Waals surface area (Å²) in [6.45, 7) is 5.40. The van der Waals surface area contributed by atoms with Crippen LogP contribution in [0, 0.1) is 0 Å². The third-order valence-corrected chi connectivity index (χ3v) is 5.09. The molecular formula is C19H28N6O2. The van der Waals surface area contributed by atoms with Crippen LogP contribution in [0.15, 0.2) is 39.9 Å². The summed E-state index contributed by atoms with van der Waals surface area (Å²) < 4.78 is 2.68. The highest BCUT2D eigenvalue weighted by molar-refractivity contribution is 5.51. The van der Waals surface area contributed by atoms with Gasteiger partial charge in [0.1, 0.15) is 5.82 Å². The van der Waals surface area contributed by atoms with E-state index in [2.05, 4.69) is 15.1 Å². The molecule has 1 aromatic heterocycles. The summed E-state index contributed by atoms with van der Waals surface area (Å²) in [7, 11) is 3.22. The number of hydrogen-bond donors (Lipinski definition) is 2. The fourth-order valence-electron chi connectivity index (χ4n) is 3.36. The lowest BCUT2D eigenvalue weighted by Gasteiger charge is -2.36. The summed E-state index contributed by atoms with van der Waals surface area (Å²) in [4.78, 5) is 28.6. The Balaban J connectivity index is 1.46. The summed E-state index contributed by atoms with van der Waals surface area (Å²) in [6.07, 6.45) is 1.05. The number of piperazine rings is 1. The first-order valence-corrected chi connectivity index (χ1v) is 9.29. The Labute approximate surface area is 158 Å². The van der Waals surface area contributed by atoms with Gasteiger partial charge in [-0.3, -0.25) is 18.8 Å². The number of rotatable bonds is 6. The Morgan fingerprint density at radius 1 is 1.00 bits per heavy atom. The number of anilines is 3. The third-order valence-electron chi connectivity index (χ3n) is 5.09. The van der Waals surface area contributed by atoms with Crippen LogP contribution in [0.25, 0.3) is 0 Å². The lowest BCUT2D eigenvalue weighted by molar-refractivity contribution is 0.256. The van der Waals surface area contributed by atoms with Crippen LogP contribution in [-0.4, -0.2) is 53.3 Å². The summed E-state index contributed by atoms with van der Waals surface area (Å²) in [5, 5.41) is 3.40.